The number of halogens is 1. The summed E-state index contributed by atoms with van der Waals surface area (Å²) in [5.74, 6) is 0.291. The lowest BCUT2D eigenvalue weighted by Crippen LogP contribution is -2.47. The van der Waals surface area contributed by atoms with Gasteiger partial charge in [0.1, 0.15) is 23.6 Å². The first-order valence-corrected chi connectivity index (χ1v) is 11.2. The SMILES string of the molecule is C=CC(=O)NN1CCC[C@@H](n2nc(-c3ccc(Oc4ccccc4F)cc3)c3c(N)ncnc32)C1. The molecule has 1 aliphatic heterocycles. The van der Waals surface area contributed by atoms with Crippen LogP contribution in [0.1, 0.15) is 18.9 Å². The molecule has 1 aliphatic rings. The number of anilines is 1. The van der Waals surface area contributed by atoms with Crippen LogP contribution in [0.5, 0.6) is 11.5 Å². The molecule has 0 bridgehead atoms. The van der Waals surface area contributed by atoms with E-state index in [-0.39, 0.29) is 17.7 Å². The van der Waals surface area contributed by atoms with Gasteiger partial charge in [0.15, 0.2) is 17.2 Å². The van der Waals surface area contributed by atoms with Crippen molar-refractivity contribution in [3.63, 3.8) is 0 Å². The molecule has 0 aliphatic carbocycles. The zero-order valence-corrected chi connectivity index (χ0v) is 18.9. The molecule has 2 aromatic heterocycles. The third-order valence-corrected chi connectivity index (χ3v) is 5.91. The number of para-hydroxylation sites is 1. The molecule has 5 rings (SSSR count). The van der Waals surface area contributed by atoms with E-state index >= 15 is 0 Å². The maximum Gasteiger partial charge on any atom is 0.257 e. The van der Waals surface area contributed by atoms with Crippen molar-refractivity contribution in [2.45, 2.75) is 18.9 Å². The van der Waals surface area contributed by atoms with E-state index in [2.05, 4.69) is 22.0 Å². The Hall–Kier alpha value is -4.31. The number of aromatic nitrogens is 4. The van der Waals surface area contributed by atoms with Crippen LogP contribution in [0.4, 0.5) is 10.2 Å². The number of fused-ring (bicyclic) bond motifs is 1. The minimum atomic E-state index is -0.433. The van der Waals surface area contributed by atoms with E-state index in [1.54, 1.807) is 30.3 Å². The van der Waals surface area contributed by atoms with E-state index in [9.17, 15) is 9.18 Å². The first kappa shape index (κ1) is 22.5. The smallest absolute Gasteiger partial charge is 0.257 e. The van der Waals surface area contributed by atoms with E-state index in [1.807, 2.05) is 21.8 Å². The third-order valence-electron chi connectivity index (χ3n) is 5.91. The number of nitrogens with two attached hydrogens (primary N) is 1. The maximum absolute atomic E-state index is 13.9. The van der Waals surface area contributed by atoms with E-state index in [0.29, 0.717) is 34.8 Å². The maximum atomic E-state index is 13.9. The van der Waals surface area contributed by atoms with Gasteiger partial charge in [0.05, 0.1) is 11.4 Å². The van der Waals surface area contributed by atoms with Crippen molar-refractivity contribution in [3.8, 4) is 22.8 Å². The molecule has 4 aromatic rings. The number of hydrazine groups is 1. The molecule has 3 heterocycles. The first-order valence-electron chi connectivity index (χ1n) is 11.2. The highest BCUT2D eigenvalue weighted by Crippen LogP contribution is 2.34. The Labute approximate surface area is 201 Å². The first-order chi connectivity index (χ1) is 17.0. The number of carbonyl (C=O) groups is 1. The van der Waals surface area contributed by atoms with Crippen LogP contribution >= 0.6 is 0 Å². The average molecular weight is 474 g/mol. The molecule has 1 saturated heterocycles. The van der Waals surface area contributed by atoms with Gasteiger partial charge in [-0.15, -0.1) is 0 Å². The van der Waals surface area contributed by atoms with Gasteiger partial charge in [0.2, 0.25) is 0 Å². The summed E-state index contributed by atoms with van der Waals surface area (Å²) < 4.78 is 21.5. The van der Waals surface area contributed by atoms with Gasteiger partial charge in [-0.05, 0) is 55.3 Å². The highest BCUT2D eigenvalue weighted by molar-refractivity contribution is 5.98. The average Bonchev–Trinajstić information content (AvgIpc) is 3.27. The molecular formula is C25H24FN7O2. The minimum absolute atomic E-state index is 0.0249. The van der Waals surface area contributed by atoms with Gasteiger partial charge in [-0.2, -0.15) is 5.10 Å². The lowest BCUT2D eigenvalue weighted by atomic mass is 10.1. The van der Waals surface area contributed by atoms with Crippen LogP contribution in [-0.2, 0) is 4.79 Å². The molecule has 1 amide bonds. The Bertz CT molecular complexity index is 1390. The van der Waals surface area contributed by atoms with Crippen LogP contribution in [0.2, 0.25) is 0 Å². The molecule has 1 fully saturated rings. The van der Waals surface area contributed by atoms with Gasteiger partial charge >= 0.3 is 0 Å². The lowest BCUT2D eigenvalue weighted by Gasteiger charge is -2.32. The summed E-state index contributed by atoms with van der Waals surface area (Å²) >= 11 is 0. The summed E-state index contributed by atoms with van der Waals surface area (Å²) in [5.41, 5.74) is 11.1. The molecule has 10 heteroatoms. The van der Waals surface area contributed by atoms with Crippen molar-refractivity contribution < 1.29 is 13.9 Å². The third kappa shape index (κ3) is 4.56. The number of amides is 1. The van der Waals surface area contributed by atoms with Gasteiger partial charge < -0.3 is 10.5 Å². The molecule has 0 spiro atoms. The number of nitrogen functional groups attached to an aromatic ring is 1. The number of hydrogen-bond donors (Lipinski definition) is 2. The van der Waals surface area contributed by atoms with E-state index < -0.39 is 5.82 Å². The number of piperidine rings is 1. The fourth-order valence-corrected chi connectivity index (χ4v) is 4.24. The summed E-state index contributed by atoms with van der Waals surface area (Å²) in [7, 11) is 0. The quantitative estimate of drug-likeness (QED) is 0.409. The largest absolute Gasteiger partial charge is 0.454 e. The summed E-state index contributed by atoms with van der Waals surface area (Å²) in [6.07, 6.45) is 4.42. The molecule has 3 N–H and O–H groups in total. The van der Waals surface area contributed by atoms with Gasteiger partial charge in [0.25, 0.3) is 5.91 Å². The molecule has 0 unspecified atom stereocenters. The van der Waals surface area contributed by atoms with Crippen molar-refractivity contribution in [3.05, 3.63) is 73.3 Å². The summed E-state index contributed by atoms with van der Waals surface area (Å²) in [4.78, 5) is 20.4. The van der Waals surface area contributed by atoms with Gasteiger partial charge in [-0.25, -0.2) is 24.0 Å². The predicted molar refractivity (Wildman–Crippen MR) is 130 cm³/mol. The van der Waals surface area contributed by atoms with Crippen LogP contribution in [0.15, 0.2) is 67.5 Å². The number of nitrogens with zero attached hydrogens (tertiary/aromatic N) is 5. The fourth-order valence-electron chi connectivity index (χ4n) is 4.24. The van der Waals surface area contributed by atoms with Crippen molar-refractivity contribution in [1.82, 2.24) is 30.2 Å². The number of ether oxygens (including phenoxy) is 1. The normalized spacial score (nSPS) is 16.2. The van der Waals surface area contributed by atoms with Crippen LogP contribution < -0.4 is 15.9 Å². The molecule has 2 aromatic carbocycles. The Balaban J connectivity index is 1.47. The standard InChI is InChI=1S/C25H24FN7O2/c1-2-21(34)30-32-13-5-6-17(14-32)33-25-22(24(27)28-15-29-25)23(31-33)16-9-11-18(12-10-16)35-20-8-4-3-7-19(20)26/h2-4,7-12,15,17H,1,5-6,13-14H2,(H,30,34)(H2,27,28,29)/t17-/m1/s1. The highest BCUT2D eigenvalue weighted by Gasteiger charge is 2.27. The molecule has 1 atom stereocenters. The number of hydrogen-bond acceptors (Lipinski definition) is 7. The molecule has 178 valence electrons. The van der Waals surface area contributed by atoms with E-state index in [1.165, 1.54) is 18.5 Å². The number of benzene rings is 2. The number of carbonyl (C=O) groups excluding carboxylic acids is 1. The molecule has 0 radical (unpaired) electrons. The van der Waals surface area contributed by atoms with E-state index in [0.717, 1.165) is 24.9 Å². The zero-order chi connectivity index (χ0) is 24.4. The minimum Gasteiger partial charge on any atom is -0.454 e. The van der Waals surface area contributed by atoms with Crippen LogP contribution in [0.3, 0.4) is 0 Å². The van der Waals surface area contributed by atoms with Crippen molar-refractivity contribution in [2.24, 2.45) is 0 Å². The Morgan fingerprint density at radius 3 is 2.77 bits per heavy atom. The van der Waals surface area contributed by atoms with E-state index in [4.69, 9.17) is 15.6 Å². The predicted octanol–water partition coefficient (Wildman–Crippen LogP) is 3.86. The molecule has 35 heavy (non-hydrogen) atoms. The van der Waals surface area contributed by atoms with Crippen LogP contribution in [0, 0.1) is 5.82 Å². The summed E-state index contributed by atoms with van der Waals surface area (Å²) in [6, 6.07) is 13.4. The van der Waals surface area contributed by atoms with Gasteiger partial charge in [-0.1, -0.05) is 18.7 Å². The number of rotatable bonds is 6. The monoisotopic (exact) mass is 473 g/mol. The second kappa shape index (κ2) is 9.51. The van der Waals surface area contributed by atoms with Gasteiger partial charge in [-0.3, -0.25) is 10.2 Å². The fraction of sp³-hybridized carbons (Fsp3) is 0.200. The second-order valence-corrected chi connectivity index (χ2v) is 8.23. The second-order valence-electron chi connectivity index (χ2n) is 8.23. The Morgan fingerprint density at radius 1 is 1.20 bits per heavy atom. The summed E-state index contributed by atoms with van der Waals surface area (Å²) in [6.45, 7) is 4.81. The highest BCUT2D eigenvalue weighted by atomic mass is 19.1. The van der Waals surface area contributed by atoms with Crippen molar-refractivity contribution >= 4 is 22.8 Å². The van der Waals surface area contributed by atoms with Gasteiger partial charge in [0, 0.05) is 18.7 Å². The van der Waals surface area contributed by atoms with Crippen LogP contribution in [-0.4, -0.2) is 43.8 Å². The molecular weight excluding hydrogens is 449 g/mol. The van der Waals surface area contributed by atoms with Crippen molar-refractivity contribution in [2.75, 3.05) is 18.8 Å². The Morgan fingerprint density at radius 2 is 2.00 bits per heavy atom. The van der Waals surface area contributed by atoms with Crippen LogP contribution in [0.25, 0.3) is 22.3 Å². The summed E-state index contributed by atoms with van der Waals surface area (Å²) in [5, 5.41) is 7.40. The lowest BCUT2D eigenvalue weighted by molar-refractivity contribution is -0.121. The molecule has 9 nitrogen and oxygen atoms in total. The zero-order valence-electron chi connectivity index (χ0n) is 18.9. The molecule has 0 saturated carbocycles. The van der Waals surface area contributed by atoms with Crippen molar-refractivity contribution in [1.29, 1.82) is 0 Å². The Kier molecular flexibility index (Phi) is 6.11. The number of nitrogens with one attached hydrogen (secondary N) is 1. The topological polar surface area (TPSA) is 111 Å².